The summed E-state index contributed by atoms with van der Waals surface area (Å²) in [6.07, 6.45) is 0. The summed E-state index contributed by atoms with van der Waals surface area (Å²) in [4.78, 5) is 1.24. The Balaban J connectivity index is 1.97. The zero-order valence-electron chi connectivity index (χ0n) is 12.2. The molecule has 0 radical (unpaired) electrons. The molecule has 1 N–H and O–H groups in total. The van der Waals surface area contributed by atoms with E-state index in [1.165, 1.54) is 10.5 Å². The van der Waals surface area contributed by atoms with Crippen molar-refractivity contribution in [2.75, 3.05) is 6.54 Å². The number of hydrogen-bond donors (Lipinski definition) is 1. The Morgan fingerprint density at radius 1 is 1.10 bits per heavy atom. The van der Waals surface area contributed by atoms with Gasteiger partial charge in [0.2, 0.25) is 0 Å². The van der Waals surface area contributed by atoms with Gasteiger partial charge in [-0.25, -0.2) is 0 Å². The maximum atomic E-state index is 6.19. The van der Waals surface area contributed by atoms with Crippen molar-refractivity contribution in [3.63, 3.8) is 0 Å². The highest BCUT2D eigenvalue weighted by atomic mass is 35.5. The number of nitrogens with one attached hydrogen (secondary N) is 1. The standard InChI is InChI=1S/C17H19Cl2NS/c1-3-20-12(2)13-5-8-16(9-6-13)21-11-14-4-7-15(18)10-17(14)19/h4-10,12,20H,3,11H2,1-2H3. The summed E-state index contributed by atoms with van der Waals surface area (Å²) in [6.45, 7) is 5.28. The van der Waals surface area contributed by atoms with Crippen LogP contribution in [0.2, 0.25) is 10.0 Å². The fraction of sp³-hybridized carbons (Fsp3) is 0.294. The van der Waals surface area contributed by atoms with E-state index < -0.39 is 0 Å². The molecule has 2 aromatic carbocycles. The largest absolute Gasteiger partial charge is 0.310 e. The van der Waals surface area contributed by atoms with E-state index in [0.717, 1.165) is 22.9 Å². The summed E-state index contributed by atoms with van der Waals surface area (Å²) in [5.74, 6) is 0.845. The maximum absolute atomic E-state index is 6.19. The van der Waals surface area contributed by atoms with Gasteiger partial charge >= 0.3 is 0 Å². The first-order valence-electron chi connectivity index (χ1n) is 7.00. The van der Waals surface area contributed by atoms with Crippen LogP contribution >= 0.6 is 35.0 Å². The molecule has 1 nitrogen and oxygen atoms in total. The molecule has 0 aromatic heterocycles. The van der Waals surface area contributed by atoms with Crippen molar-refractivity contribution in [2.24, 2.45) is 0 Å². The van der Waals surface area contributed by atoms with Crippen LogP contribution in [-0.4, -0.2) is 6.54 Å². The molecule has 0 aliphatic rings. The van der Waals surface area contributed by atoms with E-state index in [0.29, 0.717) is 11.1 Å². The molecule has 0 saturated heterocycles. The molecule has 21 heavy (non-hydrogen) atoms. The molecule has 4 heteroatoms. The molecule has 0 saturated carbocycles. The molecule has 0 fully saturated rings. The Morgan fingerprint density at radius 2 is 1.81 bits per heavy atom. The normalized spacial score (nSPS) is 12.4. The van der Waals surface area contributed by atoms with Crippen LogP contribution in [0.5, 0.6) is 0 Å². The first-order valence-corrected chi connectivity index (χ1v) is 8.74. The highest BCUT2D eigenvalue weighted by molar-refractivity contribution is 7.98. The Hall–Kier alpha value is -0.670. The van der Waals surface area contributed by atoms with Crippen LogP contribution in [-0.2, 0) is 5.75 Å². The zero-order chi connectivity index (χ0) is 15.2. The van der Waals surface area contributed by atoms with Crippen molar-refractivity contribution >= 4 is 35.0 Å². The Kier molecular flexibility index (Phi) is 6.43. The van der Waals surface area contributed by atoms with Crippen molar-refractivity contribution in [3.05, 3.63) is 63.6 Å². The van der Waals surface area contributed by atoms with Crippen molar-refractivity contribution in [1.29, 1.82) is 0 Å². The van der Waals surface area contributed by atoms with Gasteiger partial charge < -0.3 is 5.32 Å². The predicted molar refractivity (Wildman–Crippen MR) is 94.6 cm³/mol. The van der Waals surface area contributed by atoms with Gasteiger partial charge in [-0.2, -0.15) is 0 Å². The summed E-state index contributed by atoms with van der Waals surface area (Å²) < 4.78 is 0. The number of thioether (sulfide) groups is 1. The van der Waals surface area contributed by atoms with Gasteiger partial charge in [0.25, 0.3) is 0 Å². The molecule has 112 valence electrons. The zero-order valence-corrected chi connectivity index (χ0v) is 14.5. The minimum absolute atomic E-state index is 0.389. The van der Waals surface area contributed by atoms with Gasteiger partial charge in [-0.05, 0) is 48.9 Å². The maximum Gasteiger partial charge on any atom is 0.0461 e. The molecule has 0 heterocycles. The lowest BCUT2D eigenvalue weighted by Gasteiger charge is -2.13. The number of benzene rings is 2. The molecule has 0 aliphatic carbocycles. The van der Waals surface area contributed by atoms with Gasteiger partial charge in [0, 0.05) is 26.7 Å². The van der Waals surface area contributed by atoms with Crippen LogP contribution in [0, 0.1) is 0 Å². The third-order valence-corrected chi connectivity index (χ3v) is 4.95. The van der Waals surface area contributed by atoms with Crippen LogP contribution in [0.3, 0.4) is 0 Å². The fourth-order valence-corrected chi connectivity index (χ4v) is 3.53. The third-order valence-electron chi connectivity index (χ3n) is 3.30. The minimum atomic E-state index is 0.389. The molecular weight excluding hydrogens is 321 g/mol. The molecule has 1 atom stereocenters. The Morgan fingerprint density at radius 3 is 2.43 bits per heavy atom. The second-order valence-electron chi connectivity index (χ2n) is 4.87. The summed E-state index contributed by atoms with van der Waals surface area (Å²) in [5.41, 5.74) is 2.42. The Bertz CT molecular complexity index is 584. The molecule has 2 rings (SSSR count). The first kappa shape index (κ1) is 16.7. The van der Waals surface area contributed by atoms with Crippen LogP contribution in [0.25, 0.3) is 0 Å². The monoisotopic (exact) mass is 339 g/mol. The fourth-order valence-electron chi connectivity index (χ4n) is 2.08. The summed E-state index contributed by atoms with van der Waals surface area (Å²) in [6, 6.07) is 14.7. The molecular formula is C17H19Cl2NS. The van der Waals surface area contributed by atoms with Gasteiger partial charge in [-0.3, -0.25) is 0 Å². The molecule has 0 spiro atoms. The van der Waals surface area contributed by atoms with Gasteiger partial charge in [0.1, 0.15) is 0 Å². The second-order valence-corrected chi connectivity index (χ2v) is 6.77. The predicted octanol–water partition coefficient (Wildman–Crippen LogP) is 5.96. The molecule has 2 aromatic rings. The summed E-state index contributed by atoms with van der Waals surface area (Å²) in [7, 11) is 0. The van der Waals surface area contributed by atoms with Crippen LogP contribution in [0.1, 0.15) is 31.0 Å². The lowest BCUT2D eigenvalue weighted by molar-refractivity contribution is 0.598. The van der Waals surface area contributed by atoms with E-state index in [4.69, 9.17) is 23.2 Å². The summed E-state index contributed by atoms with van der Waals surface area (Å²) >= 11 is 13.9. The smallest absolute Gasteiger partial charge is 0.0461 e. The van der Waals surface area contributed by atoms with Gasteiger partial charge in [0.15, 0.2) is 0 Å². The molecule has 0 amide bonds. The van der Waals surface area contributed by atoms with E-state index in [2.05, 4.69) is 43.4 Å². The quantitative estimate of drug-likeness (QED) is 0.652. The van der Waals surface area contributed by atoms with Crippen molar-refractivity contribution < 1.29 is 0 Å². The topological polar surface area (TPSA) is 12.0 Å². The Labute approximate surface area is 141 Å². The van der Waals surface area contributed by atoms with Gasteiger partial charge in [-0.1, -0.05) is 48.3 Å². The average molecular weight is 340 g/mol. The molecule has 0 bridgehead atoms. The molecule has 1 unspecified atom stereocenters. The third kappa shape index (κ3) is 4.93. The number of rotatable bonds is 6. The van der Waals surface area contributed by atoms with E-state index >= 15 is 0 Å². The van der Waals surface area contributed by atoms with Crippen molar-refractivity contribution in [3.8, 4) is 0 Å². The van der Waals surface area contributed by atoms with E-state index in [1.807, 2.05) is 12.1 Å². The summed E-state index contributed by atoms with van der Waals surface area (Å²) in [5, 5.41) is 4.82. The minimum Gasteiger partial charge on any atom is -0.310 e. The lowest BCUT2D eigenvalue weighted by atomic mass is 10.1. The second kappa shape index (κ2) is 8.09. The highest BCUT2D eigenvalue weighted by Crippen LogP contribution is 2.29. The van der Waals surface area contributed by atoms with Crippen LogP contribution in [0.4, 0.5) is 0 Å². The first-order chi connectivity index (χ1) is 10.1. The average Bonchev–Trinajstić information content (AvgIpc) is 2.47. The van der Waals surface area contributed by atoms with Crippen molar-refractivity contribution in [2.45, 2.75) is 30.5 Å². The van der Waals surface area contributed by atoms with E-state index in [9.17, 15) is 0 Å². The lowest BCUT2D eigenvalue weighted by Crippen LogP contribution is -2.17. The van der Waals surface area contributed by atoms with Gasteiger partial charge in [-0.15, -0.1) is 11.8 Å². The number of hydrogen-bond acceptors (Lipinski definition) is 2. The van der Waals surface area contributed by atoms with Crippen LogP contribution < -0.4 is 5.32 Å². The van der Waals surface area contributed by atoms with Gasteiger partial charge in [0.05, 0.1) is 0 Å². The van der Waals surface area contributed by atoms with E-state index in [1.54, 1.807) is 17.8 Å². The van der Waals surface area contributed by atoms with Crippen molar-refractivity contribution in [1.82, 2.24) is 5.32 Å². The van der Waals surface area contributed by atoms with E-state index in [-0.39, 0.29) is 0 Å². The van der Waals surface area contributed by atoms with Crippen LogP contribution in [0.15, 0.2) is 47.4 Å². The number of halogens is 2. The highest BCUT2D eigenvalue weighted by Gasteiger charge is 2.05. The SMILES string of the molecule is CCNC(C)c1ccc(SCc2ccc(Cl)cc2Cl)cc1. The molecule has 0 aliphatic heterocycles.